The summed E-state index contributed by atoms with van der Waals surface area (Å²) in [4.78, 5) is 11.9. The molecule has 1 N–H and O–H groups in total. The first kappa shape index (κ1) is 12.8. The van der Waals surface area contributed by atoms with Gasteiger partial charge in [0.1, 0.15) is 0 Å². The second kappa shape index (κ2) is 5.69. The van der Waals surface area contributed by atoms with Crippen molar-refractivity contribution in [2.75, 3.05) is 0 Å². The van der Waals surface area contributed by atoms with Crippen molar-refractivity contribution in [1.29, 1.82) is 0 Å². The van der Waals surface area contributed by atoms with Crippen LogP contribution in [0.15, 0.2) is 18.2 Å². The molecule has 1 aromatic rings. The first-order valence-corrected chi connectivity index (χ1v) is 5.92. The number of benzene rings is 1. The van der Waals surface area contributed by atoms with Crippen LogP contribution in [0, 0.1) is 13.8 Å². The zero-order valence-corrected chi connectivity index (χ0v) is 10.6. The Bertz CT molecular complexity index is 371. The van der Waals surface area contributed by atoms with Crippen LogP contribution in [-0.4, -0.2) is 11.9 Å². The monoisotopic (exact) mass is 219 g/mol. The van der Waals surface area contributed by atoms with Crippen molar-refractivity contribution in [3.05, 3.63) is 34.9 Å². The molecule has 0 saturated heterocycles. The number of rotatable bonds is 4. The highest BCUT2D eigenvalue weighted by Crippen LogP contribution is 2.10. The number of nitrogens with one attached hydrogen (secondary N) is 1. The summed E-state index contributed by atoms with van der Waals surface area (Å²) in [6.07, 6.45) is 2.12. The maximum absolute atomic E-state index is 11.9. The second-order valence-electron chi connectivity index (χ2n) is 4.46. The van der Waals surface area contributed by atoms with Crippen LogP contribution in [0.4, 0.5) is 0 Å². The molecule has 2 heteroatoms. The SMILES string of the molecule is CCCC(C)NC(=O)c1ccc(C)c(C)c1. The lowest BCUT2D eigenvalue weighted by Gasteiger charge is -2.13. The highest BCUT2D eigenvalue weighted by atomic mass is 16.1. The Kier molecular flexibility index (Phi) is 4.53. The predicted octanol–water partition coefficient (Wildman–Crippen LogP) is 3.22. The number of amides is 1. The average Bonchev–Trinajstić information content (AvgIpc) is 2.22. The van der Waals surface area contributed by atoms with Gasteiger partial charge in [-0.2, -0.15) is 0 Å². The second-order valence-corrected chi connectivity index (χ2v) is 4.46. The smallest absolute Gasteiger partial charge is 0.251 e. The molecule has 0 heterocycles. The van der Waals surface area contributed by atoms with Gasteiger partial charge < -0.3 is 5.32 Å². The Labute approximate surface area is 98.1 Å². The van der Waals surface area contributed by atoms with Crippen molar-refractivity contribution in [1.82, 2.24) is 5.32 Å². The highest BCUT2D eigenvalue weighted by molar-refractivity contribution is 5.94. The molecular weight excluding hydrogens is 198 g/mol. The molecule has 1 rings (SSSR count). The van der Waals surface area contributed by atoms with Crippen molar-refractivity contribution in [3.8, 4) is 0 Å². The van der Waals surface area contributed by atoms with Crippen molar-refractivity contribution in [2.24, 2.45) is 0 Å². The summed E-state index contributed by atoms with van der Waals surface area (Å²) in [5, 5.41) is 3.00. The van der Waals surface area contributed by atoms with E-state index in [1.54, 1.807) is 0 Å². The van der Waals surface area contributed by atoms with Crippen molar-refractivity contribution >= 4 is 5.91 Å². The number of carbonyl (C=O) groups excluding carboxylic acids is 1. The Morgan fingerprint density at radius 3 is 2.56 bits per heavy atom. The summed E-state index contributed by atoms with van der Waals surface area (Å²) in [6, 6.07) is 6.08. The Morgan fingerprint density at radius 1 is 1.31 bits per heavy atom. The maximum atomic E-state index is 11.9. The fourth-order valence-electron chi connectivity index (χ4n) is 1.69. The van der Waals surface area contributed by atoms with Gasteiger partial charge in [0.05, 0.1) is 0 Å². The number of hydrogen-bond acceptors (Lipinski definition) is 1. The summed E-state index contributed by atoms with van der Waals surface area (Å²) in [5.41, 5.74) is 3.14. The fourth-order valence-corrected chi connectivity index (χ4v) is 1.69. The molecule has 16 heavy (non-hydrogen) atoms. The molecule has 1 amide bonds. The Morgan fingerprint density at radius 2 is 2.00 bits per heavy atom. The van der Waals surface area contributed by atoms with Gasteiger partial charge in [0, 0.05) is 11.6 Å². The van der Waals surface area contributed by atoms with Crippen molar-refractivity contribution in [3.63, 3.8) is 0 Å². The topological polar surface area (TPSA) is 29.1 Å². The highest BCUT2D eigenvalue weighted by Gasteiger charge is 2.09. The number of aryl methyl sites for hydroxylation is 2. The molecule has 0 bridgehead atoms. The van der Waals surface area contributed by atoms with Gasteiger partial charge in [0.15, 0.2) is 0 Å². The minimum atomic E-state index is 0.0315. The Balaban J connectivity index is 2.69. The standard InChI is InChI=1S/C14H21NO/c1-5-6-12(4)15-14(16)13-8-7-10(2)11(3)9-13/h7-9,12H,5-6H2,1-4H3,(H,15,16). The maximum Gasteiger partial charge on any atom is 0.251 e. The van der Waals surface area contributed by atoms with Gasteiger partial charge in [-0.1, -0.05) is 19.4 Å². The van der Waals surface area contributed by atoms with E-state index in [0.717, 1.165) is 24.0 Å². The molecule has 0 fully saturated rings. The van der Waals surface area contributed by atoms with Crippen LogP contribution in [0.3, 0.4) is 0 Å². The van der Waals surface area contributed by atoms with Gasteiger partial charge in [-0.15, -0.1) is 0 Å². The molecular formula is C14H21NO. The van der Waals surface area contributed by atoms with Gasteiger partial charge in [-0.05, 0) is 50.5 Å². The van der Waals surface area contributed by atoms with Gasteiger partial charge >= 0.3 is 0 Å². The van der Waals surface area contributed by atoms with Crippen LogP contribution in [0.25, 0.3) is 0 Å². The van der Waals surface area contributed by atoms with E-state index in [-0.39, 0.29) is 11.9 Å². The van der Waals surface area contributed by atoms with E-state index in [1.165, 1.54) is 5.56 Å². The van der Waals surface area contributed by atoms with E-state index in [4.69, 9.17) is 0 Å². The molecule has 2 nitrogen and oxygen atoms in total. The lowest BCUT2D eigenvalue weighted by Crippen LogP contribution is -2.32. The van der Waals surface area contributed by atoms with Gasteiger partial charge in [0.25, 0.3) is 5.91 Å². The van der Waals surface area contributed by atoms with E-state index in [1.807, 2.05) is 32.0 Å². The lowest BCUT2D eigenvalue weighted by atomic mass is 10.1. The molecule has 0 spiro atoms. The largest absolute Gasteiger partial charge is 0.350 e. The van der Waals surface area contributed by atoms with Crippen LogP contribution in [0.5, 0.6) is 0 Å². The summed E-state index contributed by atoms with van der Waals surface area (Å²) in [6.45, 7) is 8.25. The summed E-state index contributed by atoms with van der Waals surface area (Å²) < 4.78 is 0. The summed E-state index contributed by atoms with van der Waals surface area (Å²) in [7, 11) is 0. The number of carbonyl (C=O) groups is 1. The molecule has 0 aromatic heterocycles. The minimum absolute atomic E-state index is 0.0315. The molecule has 1 unspecified atom stereocenters. The van der Waals surface area contributed by atoms with E-state index in [0.29, 0.717) is 0 Å². The fraction of sp³-hybridized carbons (Fsp3) is 0.500. The van der Waals surface area contributed by atoms with E-state index in [2.05, 4.69) is 19.2 Å². The molecule has 1 atom stereocenters. The third kappa shape index (κ3) is 3.37. The molecule has 0 radical (unpaired) electrons. The Hall–Kier alpha value is -1.31. The predicted molar refractivity (Wildman–Crippen MR) is 67.8 cm³/mol. The zero-order chi connectivity index (χ0) is 12.1. The quantitative estimate of drug-likeness (QED) is 0.827. The van der Waals surface area contributed by atoms with Crippen LogP contribution in [-0.2, 0) is 0 Å². The van der Waals surface area contributed by atoms with Gasteiger partial charge in [-0.3, -0.25) is 4.79 Å². The average molecular weight is 219 g/mol. The number of hydrogen-bond donors (Lipinski definition) is 1. The first-order valence-electron chi connectivity index (χ1n) is 5.92. The molecule has 0 aliphatic heterocycles. The van der Waals surface area contributed by atoms with Crippen molar-refractivity contribution < 1.29 is 4.79 Å². The zero-order valence-electron chi connectivity index (χ0n) is 10.6. The first-order chi connectivity index (χ1) is 7.54. The molecule has 0 saturated carbocycles. The van der Waals surface area contributed by atoms with Gasteiger partial charge in [0.2, 0.25) is 0 Å². The minimum Gasteiger partial charge on any atom is -0.350 e. The third-order valence-corrected chi connectivity index (χ3v) is 2.87. The summed E-state index contributed by atoms with van der Waals surface area (Å²) >= 11 is 0. The molecule has 88 valence electrons. The molecule has 1 aromatic carbocycles. The van der Waals surface area contributed by atoms with Crippen LogP contribution >= 0.6 is 0 Å². The lowest BCUT2D eigenvalue weighted by molar-refractivity contribution is 0.0938. The van der Waals surface area contributed by atoms with E-state index in [9.17, 15) is 4.79 Å². The van der Waals surface area contributed by atoms with Crippen LogP contribution in [0.1, 0.15) is 48.2 Å². The molecule has 0 aliphatic rings. The van der Waals surface area contributed by atoms with Gasteiger partial charge in [-0.25, -0.2) is 0 Å². The van der Waals surface area contributed by atoms with Crippen LogP contribution < -0.4 is 5.32 Å². The van der Waals surface area contributed by atoms with E-state index < -0.39 is 0 Å². The normalized spacial score (nSPS) is 12.2. The summed E-state index contributed by atoms with van der Waals surface area (Å²) in [5.74, 6) is 0.0315. The van der Waals surface area contributed by atoms with Crippen LogP contribution in [0.2, 0.25) is 0 Å². The third-order valence-electron chi connectivity index (χ3n) is 2.87. The van der Waals surface area contributed by atoms with E-state index >= 15 is 0 Å². The van der Waals surface area contributed by atoms with Crippen molar-refractivity contribution in [2.45, 2.75) is 46.6 Å². The molecule has 0 aliphatic carbocycles.